The first kappa shape index (κ1) is 22.8. The van der Waals surface area contributed by atoms with E-state index in [0.717, 1.165) is 6.07 Å². The smallest absolute Gasteiger partial charge is 0.341 e. The fourth-order valence-corrected chi connectivity index (χ4v) is 4.86. The molecule has 1 saturated heterocycles. The Bertz CT molecular complexity index is 1410. The van der Waals surface area contributed by atoms with Crippen LogP contribution in [0.2, 0.25) is 0 Å². The Labute approximate surface area is 198 Å². The average Bonchev–Trinajstić information content (AvgIpc) is 2.83. The number of benzene rings is 2. The molecule has 3 heterocycles. The number of likely N-dealkylation sites (N-methyl/N-ethyl adjacent to an activating group) is 1. The zero-order valence-electron chi connectivity index (χ0n) is 19.1. The van der Waals surface area contributed by atoms with Crippen LogP contribution in [0.1, 0.15) is 35.0 Å². The largest absolute Gasteiger partial charge is 0.479 e. The molecule has 2 atom stereocenters. The number of nitrogens with zero attached hydrogens (tertiary/aromatic N) is 4. The first-order valence-corrected chi connectivity index (χ1v) is 11.2. The molecule has 1 unspecified atom stereocenters. The number of non-ortho nitro benzene ring substituents is 1. The molecular weight excluding hydrogens is 459 g/mol. The van der Waals surface area contributed by atoms with Crippen LogP contribution in [0.3, 0.4) is 0 Å². The summed E-state index contributed by atoms with van der Waals surface area (Å²) in [6, 6.07) is 6.46. The Morgan fingerprint density at radius 3 is 2.46 bits per heavy atom. The Balaban J connectivity index is 1.74. The molecule has 1 aromatic heterocycles. The summed E-state index contributed by atoms with van der Waals surface area (Å²) in [7, 11) is 1.98. The van der Waals surface area contributed by atoms with Crippen LogP contribution in [-0.4, -0.2) is 58.7 Å². The maximum Gasteiger partial charge on any atom is 0.341 e. The number of nitro groups is 1. The summed E-state index contributed by atoms with van der Waals surface area (Å²) in [6.45, 7) is 4.31. The van der Waals surface area contributed by atoms with Crippen molar-refractivity contribution in [3.05, 3.63) is 73.8 Å². The van der Waals surface area contributed by atoms with Crippen molar-refractivity contribution in [3.8, 4) is 5.75 Å². The highest BCUT2D eigenvalue weighted by molar-refractivity contribution is 5.97. The van der Waals surface area contributed by atoms with Gasteiger partial charge in [-0.3, -0.25) is 14.9 Å². The van der Waals surface area contributed by atoms with Gasteiger partial charge in [-0.2, -0.15) is 0 Å². The molecule has 2 aromatic carbocycles. The molecule has 182 valence electrons. The molecule has 1 fully saturated rings. The van der Waals surface area contributed by atoms with Crippen molar-refractivity contribution in [1.29, 1.82) is 0 Å². The van der Waals surface area contributed by atoms with E-state index in [0.29, 0.717) is 37.3 Å². The molecule has 11 heteroatoms. The van der Waals surface area contributed by atoms with Gasteiger partial charge in [0.15, 0.2) is 11.6 Å². The Hall–Kier alpha value is -3.99. The molecule has 0 bridgehead atoms. The SMILES string of the molecule is C[C@H]1C(c2ccc([N+](=O)[O-])cc2)Oc2c(N3CCN(C)CC3)c(F)cc3c(=O)c(C(=O)O)cn1c23. The maximum atomic E-state index is 15.6. The molecule has 35 heavy (non-hydrogen) atoms. The summed E-state index contributed by atoms with van der Waals surface area (Å²) in [5.41, 5.74) is -0.168. The minimum absolute atomic E-state index is 0.0655. The number of rotatable bonds is 4. The van der Waals surface area contributed by atoms with E-state index in [-0.39, 0.29) is 22.5 Å². The van der Waals surface area contributed by atoms with E-state index in [1.54, 1.807) is 23.6 Å². The number of pyridine rings is 1. The van der Waals surface area contributed by atoms with E-state index in [1.165, 1.54) is 18.3 Å². The lowest BCUT2D eigenvalue weighted by Gasteiger charge is -2.39. The monoisotopic (exact) mass is 482 g/mol. The highest BCUT2D eigenvalue weighted by Crippen LogP contribution is 2.47. The number of carboxylic acids is 1. The summed E-state index contributed by atoms with van der Waals surface area (Å²) >= 11 is 0. The quantitative estimate of drug-likeness (QED) is 0.445. The van der Waals surface area contributed by atoms with Crippen molar-refractivity contribution in [3.63, 3.8) is 0 Å². The van der Waals surface area contributed by atoms with Crippen LogP contribution < -0.4 is 15.1 Å². The third-order valence-corrected chi connectivity index (χ3v) is 6.80. The molecule has 1 N–H and O–H groups in total. The fraction of sp³-hybridized carbons (Fsp3) is 0.333. The number of carboxylic acid groups (broad SMARTS) is 1. The number of aromatic nitrogens is 1. The number of nitro benzene ring substituents is 1. The first-order chi connectivity index (χ1) is 16.7. The van der Waals surface area contributed by atoms with E-state index in [2.05, 4.69) is 4.90 Å². The summed E-state index contributed by atoms with van der Waals surface area (Å²) in [6.07, 6.45) is 0.567. The topological polar surface area (TPSA) is 118 Å². The summed E-state index contributed by atoms with van der Waals surface area (Å²) in [5, 5.41) is 20.6. The van der Waals surface area contributed by atoms with E-state index in [1.807, 2.05) is 11.9 Å². The number of hydrogen-bond donors (Lipinski definition) is 1. The molecule has 0 saturated carbocycles. The number of carbonyl (C=O) groups is 1. The van der Waals surface area contributed by atoms with Gasteiger partial charge >= 0.3 is 5.97 Å². The highest BCUT2D eigenvalue weighted by atomic mass is 19.1. The maximum absolute atomic E-state index is 15.6. The molecule has 0 amide bonds. The van der Waals surface area contributed by atoms with Crippen molar-refractivity contribution < 1.29 is 24.0 Å². The lowest BCUT2D eigenvalue weighted by atomic mass is 9.98. The lowest BCUT2D eigenvalue weighted by molar-refractivity contribution is -0.384. The van der Waals surface area contributed by atoms with E-state index in [4.69, 9.17) is 4.74 Å². The minimum atomic E-state index is -1.41. The van der Waals surface area contributed by atoms with E-state index >= 15 is 4.39 Å². The van der Waals surface area contributed by atoms with Gasteiger partial charge in [-0.1, -0.05) is 0 Å². The van der Waals surface area contributed by atoms with Gasteiger partial charge in [0.25, 0.3) is 5.69 Å². The zero-order valence-corrected chi connectivity index (χ0v) is 19.1. The summed E-state index contributed by atoms with van der Waals surface area (Å²) in [5.74, 6) is -1.91. The number of hydrogen-bond acceptors (Lipinski definition) is 7. The third-order valence-electron chi connectivity index (χ3n) is 6.80. The van der Waals surface area contributed by atoms with Gasteiger partial charge in [-0.05, 0) is 37.7 Å². The number of ether oxygens (including phenoxy) is 1. The molecule has 3 aromatic rings. The molecule has 10 nitrogen and oxygen atoms in total. The molecule has 0 spiro atoms. The molecule has 5 rings (SSSR count). The third kappa shape index (κ3) is 3.68. The zero-order chi connectivity index (χ0) is 25.0. The number of halogens is 1. The van der Waals surface area contributed by atoms with Crippen molar-refractivity contribution >= 4 is 28.2 Å². The van der Waals surface area contributed by atoms with Crippen molar-refractivity contribution in [2.75, 3.05) is 38.1 Å². The highest BCUT2D eigenvalue weighted by Gasteiger charge is 2.36. The second kappa shape index (κ2) is 8.35. The predicted octanol–water partition coefficient (Wildman–Crippen LogP) is 3.19. The Kier molecular flexibility index (Phi) is 5.43. The summed E-state index contributed by atoms with van der Waals surface area (Å²) in [4.78, 5) is 39.3. The van der Waals surface area contributed by atoms with Gasteiger partial charge in [0.05, 0.1) is 21.9 Å². The van der Waals surface area contributed by atoms with Gasteiger partial charge in [0.1, 0.15) is 17.4 Å². The lowest BCUT2D eigenvalue weighted by Crippen LogP contribution is -2.45. The van der Waals surface area contributed by atoms with Gasteiger partial charge in [0.2, 0.25) is 5.43 Å². The molecular formula is C24H23FN4O6. The van der Waals surface area contributed by atoms with Crippen LogP contribution in [0.15, 0.2) is 41.3 Å². The van der Waals surface area contributed by atoms with Crippen molar-refractivity contribution in [2.24, 2.45) is 0 Å². The number of anilines is 1. The van der Waals surface area contributed by atoms with Gasteiger partial charge < -0.3 is 24.2 Å². The van der Waals surface area contributed by atoms with Crippen LogP contribution in [0.5, 0.6) is 5.75 Å². The standard InChI is InChI=1S/C24H23FN4O6/c1-13-22(14-3-5-15(6-4-14)29(33)34)35-23-19-16(21(30)17(24(31)32)12-28(13)19)11-18(25)20(23)27-9-7-26(2)8-10-27/h3-6,11-13,22H,7-10H2,1-2H3,(H,31,32)/t13-,22?/m0/s1. The average molecular weight is 482 g/mol. The van der Waals surface area contributed by atoms with Gasteiger partial charge in [-0.15, -0.1) is 0 Å². The Morgan fingerprint density at radius 2 is 1.86 bits per heavy atom. The molecule has 2 aliphatic rings. The van der Waals surface area contributed by atoms with Crippen LogP contribution >= 0.6 is 0 Å². The van der Waals surface area contributed by atoms with Crippen LogP contribution in [0.25, 0.3) is 10.9 Å². The Morgan fingerprint density at radius 1 is 1.20 bits per heavy atom. The molecule has 0 aliphatic carbocycles. The second-order valence-corrected chi connectivity index (χ2v) is 8.93. The predicted molar refractivity (Wildman–Crippen MR) is 126 cm³/mol. The van der Waals surface area contributed by atoms with E-state index < -0.39 is 39.8 Å². The normalized spacial score (nSPS) is 20.0. The number of piperazine rings is 1. The molecule has 2 aliphatic heterocycles. The van der Waals surface area contributed by atoms with Crippen molar-refractivity contribution in [2.45, 2.75) is 19.1 Å². The van der Waals surface area contributed by atoms with Crippen LogP contribution in [-0.2, 0) is 0 Å². The number of aromatic carboxylic acids is 1. The van der Waals surface area contributed by atoms with Gasteiger partial charge in [-0.25, -0.2) is 9.18 Å². The van der Waals surface area contributed by atoms with Crippen molar-refractivity contribution in [1.82, 2.24) is 9.47 Å². The first-order valence-electron chi connectivity index (χ1n) is 11.2. The fourth-order valence-electron chi connectivity index (χ4n) is 4.86. The van der Waals surface area contributed by atoms with Gasteiger partial charge in [0, 0.05) is 44.5 Å². The molecule has 0 radical (unpaired) electrons. The van der Waals surface area contributed by atoms with Crippen LogP contribution in [0.4, 0.5) is 15.8 Å². The second-order valence-electron chi connectivity index (χ2n) is 8.93. The minimum Gasteiger partial charge on any atom is -0.479 e. The summed E-state index contributed by atoms with van der Waals surface area (Å²) < 4.78 is 23.6. The van der Waals surface area contributed by atoms with E-state index in [9.17, 15) is 24.8 Å². The van der Waals surface area contributed by atoms with Crippen LogP contribution in [0, 0.1) is 15.9 Å².